The zero-order valence-corrected chi connectivity index (χ0v) is 13.3. The molecule has 20 heavy (non-hydrogen) atoms. The molecule has 0 aliphatic carbocycles. The van der Waals surface area contributed by atoms with E-state index in [2.05, 4.69) is 22.5 Å². The Hall–Kier alpha value is -1.17. The number of nitrogens with zero attached hydrogens (tertiary/aromatic N) is 2. The summed E-state index contributed by atoms with van der Waals surface area (Å²) >= 11 is 3.48. The van der Waals surface area contributed by atoms with E-state index < -0.39 is 0 Å². The highest BCUT2D eigenvalue weighted by atomic mass is 79.9. The van der Waals surface area contributed by atoms with Gasteiger partial charge >= 0.3 is 0 Å². The Labute approximate surface area is 128 Å². The summed E-state index contributed by atoms with van der Waals surface area (Å²) in [5.74, 6) is 0.0241. The van der Waals surface area contributed by atoms with E-state index in [1.807, 2.05) is 29.2 Å². The minimum atomic E-state index is 0.0241. The third-order valence-electron chi connectivity index (χ3n) is 2.95. The van der Waals surface area contributed by atoms with E-state index in [-0.39, 0.29) is 19.1 Å². The second kappa shape index (κ2) is 8.89. The first-order valence-corrected chi connectivity index (χ1v) is 7.29. The van der Waals surface area contributed by atoms with Crippen LogP contribution in [0.2, 0.25) is 0 Å². The number of aliphatic hydroxyl groups is 1. The predicted molar refractivity (Wildman–Crippen MR) is 84.3 cm³/mol. The van der Waals surface area contributed by atoms with Crippen molar-refractivity contribution < 1.29 is 9.90 Å². The summed E-state index contributed by atoms with van der Waals surface area (Å²) in [6, 6.07) is 7.85. The predicted octanol–water partition coefficient (Wildman–Crippen LogP) is 1.89. The number of halogens is 1. The van der Waals surface area contributed by atoms with Gasteiger partial charge in [0.05, 0.1) is 13.2 Å². The Balaban J connectivity index is 2.58. The first kappa shape index (κ1) is 16.9. The second-order valence-electron chi connectivity index (χ2n) is 4.59. The fourth-order valence-corrected chi connectivity index (χ4v) is 2.25. The van der Waals surface area contributed by atoms with Gasteiger partial charge in [0.25, 0.3) is 0 Å². The molecular weight excluding hydrogens is 320 g/mol. The molecule has 1 N–H and O–H groups in total. The zero-order valence-electron chi connectivity index (χ0n) is 11.8. The van der Waals surface area contributed by atoms with Gasteiger partial charge in [-0.1, -0.05) is 40.2 Å². The molecular formula is C15H21BrN2O2. The molecule has 0 bridgehead atoms. The van der Waals surface area contributed by atoms with Gasteiger partial charge in [-0.05, 0) is 11.6 Å². The zero-order chi connectivity index (χ0) is 15.0. The molecule has 5 heteroatoms. The van der Waals surface area contributed by atoms with Crippen LogP contribution in [0.1, 0.15) is 5.56 Å². The topological polar surface area (TPSA) is 43.8 Å². The maximum Gasteiger partial charge on any atom is 0.236 e. The summed E-state index contributed by atoms with van der Waals surface area (Å²) in [4.78, 5) is 15.7. The van der Waals surface area contributed by atoms with Crippen molar-refractivity contribution in [1.82, 2.24) is 9.80 Å². The highest BCUT2D eigenvalue weighted by molar-refractivity contribution is 9.10. The van der Waals surface area contributed by atoms with Crippen molar-refractivity contribution in [2.75, 3.05) is 33.3 Å². The van der Waals surface area contributed by atoms with E-state index in [4.69, 9.17) is 5.11 Å². The molecule has 1 amide bonds. The van der Waals surface area contributed by atoms with Gasteiger partial charge in [0.2, 0.25) is 5.91 Å². The van der Waals surface area contributed by atoms with Crippen LogP contribution in [0, 0.1) is 0 Å². The van der Waals surface area contributed by atoms with Gasteiger partial charge in [0, 0.05) is 31.2 Å². The van der Waals surface area contributed by atoms with Crippen LogP contribution in [-0.4, -0.2) is 54.1 Å². The number of amides is 1. The van der Waals surface area contributed by atoms with Crippen LogP contribution in [0.3, 0.4) is 0 Å². The Morgan fingerprint density at radius 1 is 1.45 bits per heavy atom. The third-order valence-corrected chi connectivity index (χ3v) is 3.73. The molecule has 0 spiro atoms. The van der Waals surface area contributed by atoms with Gasteiger partial charge in [0.1, 0.15) is 0 Å². The van der Waals surface area contributed by atoms with Gasteiger partial charge < -0.3 is 10.0 Å². The number of rotatable bonds is 8. The van der Waals surface area contributed by atoms with Crippen LogP contribution < -0.4 is 0 Å². The SMILES string of the molecule is C=CCN(CCO)CC(=O)N(C)Cc1ccccc1Br. The van der Waals surface area contributed by atoms with Gasteiger partial charge in [-0.15, -0.1) is 6.58 Å². The van der Waals surface area contributed by atoms with Gasteiger partial charge in [-0.2, -0.15) is 0 Å². The molecule has 0 aliphatic rings. The lowest BCUT2D eigenvalue weighted by Gasteiger charge is -2.23. The lowest BCUT2D eigenvalue weighted by molar-refractivity contribution is -0.131. The van der Waals surface area contributed by atoms with Crippen molar-refractivity contribution in [2.45, 2.75) is 6.54 Å². The number of likely N-dealkylation sites (N-methyl/N-ethyl adjacent to an activating group) is 1. The maximum absolute atomic E-state index is 12.2. The maximum atomic E-state index is 12.2. The first-order valence-electron chi connectivity index (χ1n) is 6.50. The molecule has 0 radical (unpaired) electrons. The molecule has 0 aliphatic heterocycles. The number of hydrogen-bond donors (Lipinski definition) is 1. The van der Waals surface area contributed by atoms with Crippen LogP contribution in [0.5, 0.6) is 0 Å². The van der Waals surface area contributed by atoms with Crippen LogP contribution >= 0.6 is 15.9 Å². The Morgan fingerprint density at radius 2 is 2.15 bits per heavy atom. The number of carbonyl (C=O) groups is 1. The van der Waals surface area contributed by atoms with E-state index in [1.165, 1.54) is 0 Å². The standard InChI is InChI=1S/C15H21BrN2O2/c1-3-8-18(9-10-19)12-15(20)17(2)11-13-6-4-5-7-14(13)16/h3-7,19H,1,8-12H2,2H3. The van der Waals surface area contributed by atoms with E-state index in [0.29, 0.717) is 19.6 Å². The fraction of sp³-hybridized carbons (Fsp3) is 0.400. The Bertz CT molecular complexity index is 451. The van der Waals surface area contributed by atoms with E-state index in [1.54, 1.807) is 18.0 Å². The average Bonchev–Trinajstić information content (AvgIpc) is 2.41. The van der Waals surface area contributed by atoms with E-state index in [0.717, 1.165) is 10.0 Å². The molecule has 4 nitrogen and oxygen atoms in total. The number of benzene rings is 1. The molecule has 0 unspecified atom stereocenters. The van der Waals surface area contributed by atoms with Crippen molar-refractivity contribution in [3.05, 3.63) is 47.0 Å². The molecule has 1 rings (SSSR count). The minimum Gasteiger partial charge on any atom is -0.395 e. The Kier molecular flexibility index (Phi) is 7.51. The van der Waals surface area contributed by atoms with Gasteiger partial charge in [0.15, 0.2) is 0 Å². The highest BCUT2D eigenvalue weighted by Gasteiger charge is 2.14. The lowest BCUT2D eigenvalue weighted by atomic mass is 10.2. The molecule has 1 aromatic rings. The number of aliphatic hydroxyl groups excluding tert-OH is 1. The highest BCUT2D eigenvalue weighted by Crippen LogP contribution is 2.17. The molecule has 0 aromatic heterocycles. The summed E-state index contributed by atoms with van der Waals surface area (Å²) in [6.45, 7) is 5.60. The van der Waals surface area contributed by atoms with Crippen LogP contribution in [0.25, 0.3) is 0 Å². The van der Waals surface area contributed by atoms with Crippen molar-refractivity contribution in [1.29, 1.82) is 0 Å². The molecule has 0 heterocycles. The quantitative estimate of drug-likeness (QED) is 0.735. The van der Waals surface area contributed by atoms with E-state index >= 15 is 0 Å². The summed E-state index contributed by atoms with van der Waals surface area (Å²) in [6.07, 6.45) is 1.73. The van der Waals surface area contributed by atoms with Crippen LogP contribution in [-0.2, 0) is 11.3 Å². The Morgan fingerprint density at radius 3 is 2.75 bits per heavy atom. The van der Waals surface area contributed by atoms with Crippen molar-refractivity contribution >= 4 is 21.8 Å². The van der Waals surface area contributed by atoms with Crippen LogP contribution in [0.15, 0.2) is 41.4 Å². The summed E-state index contributed by atoms with van der Waals surface area (Å²) < 4.78 is 0.998. The fourth-order valence-electron chi connectivity index (χ4n) is 1.84. The second-order valence-corrected chi connectivity index (χ2v) is 5.44. The van der Waals surface area contributed by atoms with Crippen LogP contribution in [0.4, 0.5) is 0 Å². The summed E-state index contributed by atoms with van der Waals surface area (Å²) in [7, 11) is 1.78. The van der Waals surface area contributed by atoms with Gasteiger partial charge in [-0.3, -0.25) is 9.69 Å². The molecule has 0 saturated carbocycles. The lowest BCUT2D eigenvalue weighted by Crippen LogP contribution is -2.39. The molecule has 1 aromatic carbocycles. The normalized spacial score (nSPS) is 10.6. The summed E-state index contributed by atoms with van der Waals surface area (Å²) in [5, 5.41) is 8.98. The monoisotopic (exact) mass is 340 g/mol. The molecule has 0 atom stereocenters. The van der Waals surface area contributed by atoms with Crippen molar-refractivity contribution in [2.24, 2.45) is 0 Å². The summed E-state index contributed by atoms with van der Waals surface area (Å²) in [5.41, 5.74) is 1.07. The van der Waals surface area contributed by atoms with Gasteiger partial charge in [-0.25, -0.2) is 0 Å². The smallest absolute Gasteiger partial charge is 0.236 e. The van der Waals surface area contributed by atoms with Crippen molar-refractivity contribution in [3.8, 4) is 0 Å². The van der Waals surface area contributed by atoms with E-state index in [9.17, 15) is 4.79 Å². The number of carbonyl (C=O) groups excluding carboxylic acids is 1. The number of hydrogen-bond acceptors (Lipinski definition) is 3. The molecule has 110 valence electrons. The largest absolute Gasteiger partial charge is 0.395 e. The average molecular weight is 341 g/mol. The van der Waals surface area contributed by atoms with Crippen molar-refractivity contribution in [3.63, 3.8) is 0 Å². The molecule has 0 fully saturated rings. The minimum absolute atomic E-state index is 0.0241. The molecule has 0 saturated heterocycles. The third kappa shape index (κ3) is 5.45. The first-order chi connectivity index (χ1) is 9.58.